The molecule has 2 rings (SSSR count). The van der Waals surface area contributed by atoms with Gasteiger partial charge in [-0.2, -0.15) is 0 Å². The number of ether oxygens (including phenoxy) is 1. The highest BCUT2D eigenvalue weighted by Gasteiger charge is 2.16. The molecule has 0 fully saturated rings. The lowest BCUT2D eigenvalue weighted by atomic mass is 10.1. The van der Waals surface area contributed by atoms with Gasteiger partial charge in [0.15, 0.2) is 0 Å². The number of nitrogens with zero attached hydrogens (tertiary/aromatic N) is 2. The molecule has 0 bridgehead atoms. The molecule has 4 nitrogen and oxygen atoms in total. The molecule has 1 atom stereocenters. The molecule has 1 unspecified atom stereocenters. The molecule has 0 aliphatic heterocycles. The lowest BCUT2D eigenvalue weighted by Crippen LogP contribution is -2.26. The Morgan fingerprint density at radius 3 is 2.86 bits per heavy atom. The second-order valence-corrected chi connectivity index (χ2v) is 6.07. The zero-order valence-corrected chi connectivity index (χ0v) is 13.9. The summed E-state index contributed by atoms with van der Waals surface area (Å²) in [6.45, 7) is 3.98. The van der Waals surface area contributed by atoms with Crippen LogP contribution in [0.3, 0.4) is 0 Å². The van der Waals surface area contributed by atoms with Crippen molar-refractivity contribution in [1.29, 1.82) is 0 Å². The molecular weight excluding hydrogens is 303 g/mol. The van der Waals surface area contributed by atoms with Crippen molar-refractivity contribution in [2.24, 2.45) is 0 Å². The van der Waals surface area contributed by atoms with E-state index in [9.17, 15) is 9.18 Å². The Hall–Kier alpha value is -1.79. The molecule has 2 aromatic rings. The molecule has 0 aliphatic carbocycles. The lowest BCUT2D eigenvalue weighted by molar-refractivity contribution is 0.0783. The average molecular weight is 322 g/mol. The van der Waals surface area contributed by atoms with E-state index in [1.165, 1.54) is 23.5 Å². The number of aryl methyl sites for hydroxylation is 1. The zero-order valence-electron chi connectivity index (χ0n) is 13.1. The standard InChI is InChI=1S/C16H19FN2O2S/c1-10-7-12(5-6-14(10)17)16(20)19(3)8-13-9-22-15(18-13)11(2)21-4/h5-7,9,11H,8H2,1-4H3. The Bertz CT molecular complexity index is 672. The van der Waals surface area contributed by atoms with Gasteiger partial charge in [-0.3, -0.25) is 4.79 Å². The second kappa shape index (κ2) is 6.98. The average Bonchev–Trinajstić information content (AvgIpc) is 2.96. The van der Waals surface area contributed by atoms with Crippen molar-refractivity contribution in [3.8, 4) is 0 Å². The first-order valence-corrected chi connectivity index (χ1v) is 7.79. The van der Waals surface area contributed by atoms with Gasteiger partial charge in [0.25, 0.3) is 5.91 Å². The fraction of sp³-hybridized carbons (Fsp3) is 0.375. The molecule has 0 saturated carbocycles. The summed E-state index contributed by atoms with van der Waals surface area (Å²) in [7, 11) is 3.35. The van der Waals surface area contributed by atoms with E-state index < -0.39 is 0 Å². The van der Waals surface area contributed by atoms with Crippen LogP contribution in [0.15, 0.2) is 23.6 Å². The van der Waals surface area contributed by atoms with Gasteiger partial charge in [-0.1, -0.05) is 0 Å². The minimum atomic E-state index is -0.308. The third-order valence-electron chi connectivity index (χ3n) is 3.42. The first-order valence-electron chi connectivity index (χ1n) is 6.91. The molecule has 1 aromatic carbocycles. The first kappa shape index (κ1) is 16.6. The summed E-state index contributed by atoms with van der Waals surface area (Å²) in [5.41, 5.74) is 1.75. The molecule has 1 amide bonds. The molecule has 118 valence electrons. The van der Waals surface area contributed by atoms with Crippen LogP contribution in [0.4, 0.5) is 4.39 Å². The Morgan fingerprint density at radius 1 is 1.50 bits per heavy atom. The number of hydrogen-bond donors (Lipinski definition) is 0. The van der Waals surface area contributed by atoms with Crippen LogP contribution in [-0.4, -0.2) is 29.9 Å². The molecule has 6 heteroatoms. The number of rotatable bonds is 5. The number of methoxy groups -OCH3 is 1. The minimum Gasteiger partial charge on any atom is -0.375 e. The van der Waals surface area contributed by atoms with Gasteiger partial charge in [0, 0.05) is 25.1 Å². The number of amides is 1. The normalized spacial score (nSPS) is 12.2. The van der Waals surface area contributed by atoms with E-state index in [0.717, 1.165) is 10.7 Å². The maximum absolute atomic E-state index is 13.3. The van der Waals surface area contributed by atoms with Crippen molar-refractivity contribution >= 4 is 17.2 Å². The highest BCUT2D eigenvalue weighted by molar-refractivity contribution is 7.09. The summed E-state index contributed by atoms with van der Waals surface area (Å²) in [6.07, 6.45) is -0.0560. The molecule has 0 radical (unpaired) electrons. The van der Waals surface area contributed by atoms with Crippen LogP contribution in [0.2, 0.25) is 0 Å². The van der Waals surface area contributed by atoms with Crippen molar-refractivity contribution in [2.45, 2.75) is 26.5 Å². The van der Waals surface area contributed by atoms with Gasteiger partial charge in [-0.15, -0.1) is 11.3 Å². The van der Waals surface area contributed by atoms with Gasteiger partial charge in [-0.25, -0.2) is 9.37 Å². The summed E-state index contributed by atoms with van der Waals surface area (Å²) < 4.78 is 18.5. The van der Waals surface area contributed by atoms with Crippen molar-refractivity contribution in [3.05, 3.63) is 51.2 Å². The number of hydrogen-bond acceptors (Lipinski definition) is 4. The Labute approximate surface area is 133 Å². The van der Waals surface area contributed by atoms with Crippen molar-refractivity contribution < 1.29 is 13.9 Å². The van der Waals surface area contributed by atoms with Crippen LogP contribution in [0, 0.1) is 12.7 Å². The fourth-order valence-electron chi connectivity index (χ4n) is 2.00. The summed E-state index contributed by atoms with van der Waals surface area (Å²) >= 11 is 1.51. The van der Waals surface area contributed by atoms with Crippen molar-refractivity contribution in [3.63, 3.8) is 0 Å². The number of aromatic nitrogens is 1. The summed E-state index contributed by atoms with van der Waals surface area (Å²) in [6, 6.07) is 4.38. The second-order valence-electron chi connectivity index (χ2n) is 5.18. The van der Waals surface area contributed by atoms with Crippen LogP contribution in [0.1, 0.15) is 39.7 Å². The van der Waals surface area contributed by atoms with Crippen molar-refractivity contribution in [2.75, 3.05) is 14.2 Å². The molecule has 1 aromatic heterocycles. The van der Waals surface area contributed by atoms with Gasteiger partial charge >= 0.3 is 0 Å². The van der Waals surface area contributed by atoms with E-state index in [1.54, 1.807) is 32.0 Å². The number of thiazole rings is 1. The Kier molecular flexibility index (Phi) is 5.26. The topological polar surface area (TPSA) is 42.4 Å². The summed E-state index contributed by atoms with van der Waals surface area (Å²) in [4.78, 5) is 18.4. The zero-order chi connectivity index (χ0) is 16.3. The monoisotopic (exact) mass is 322 g/mol. The van der Waals surface area contributed by atoms with E-state index >= 15 is 0 Å². The molecule has 22 heavy (non-hydrogen) atoms. The van der Waals surface area contributed by atoms with E-state index in [1.807, 2.05) is 12.3 Å². The molecule has 0 aliphatic rings. The van der Waals surface area contributed by atoms with Gasteiger partial charge in [-0.05, 0) is 37.6 Å². The highest BCUT2D eigenvalue weighted by Crippen LogP contribution is 2.21. The van der Waals surface area contributed by atoms with E-state index in [0.29, 0.717) is 17.7 Å². The van der Waals surface area contributed by atoms with Gasteiger partial charge in [0.05, 0.1) is 12.2 Å². The summed E-state index contributed by atoms with van der Waals surface area (Å²) in [5, 5.41) is 2.81. The predicted octanol–water partition coefficient (Wildman–Crippen LogP) is 3.57. The van der Waals surface area contributed by atoms with Crippen LogP contribution >= 0.6 is 11.3 Å². The maximum atomic E-state index is 13.3. The molecule has 1 heterocycles. The van der Waals surface area contributed by atoms with Gasteiger partial charge in [0.2, 0.25) is 0 Å². The van der Waals surface area contributed by atoms with Crippen LogP contribution in [0.25, 0.3) is 0 Å². The number of benzene rings is 1. The first-order chi connectivity index (χ1) is 10.4. The van der Waals surface area contributed by atoms with Crippen LogP contribution in [-0.2, 0) is 11.3 Å². The third kappa shape index (κ3) is 3.69. The highest BCUT2D eigenvalue weighted by atomic mass is 32.1. The molecular formula is C16H19FN2O2S. The number of carbonyl (C=O) groups excluding carboxylic acids is 1. The smallest absolute Gasteiger partial charge is 0.253 e. The third-order valence-corrected chi connectivity index (χ3v) is 4.48. The fourth-order valence-corrected chi connectivity index (χ4v) is 2.84. The van der Waals surface area contributed by atoms with Gasteiger partial charge < -0.3 is 9.64 Å². The Balaban J connectivity index is 2.07. The molecule has 0 N–H and O–H groups in total. The van der Waals surface area contributed by atoms with E-state index in [2.05, 4.69) is 4.98 Å². The quantitative estimate of drug-likeness (QED) is 0.845. The van der Waals surface area contributed by atoms with Crippen LogP contribution in [0.5, 0.6) is 0 Å². The van der Waals surface area contributed by atoms with Gasteiger partial charge in [0.1, 0.15) is 16.9 Å². The maximum Gasteiger partial charge on any atom is 0.253 e. The Morgan fingerprint density at radius 2 is 2.23 bits per heavy atom. The predicted molar refractivity (Wildman–Crippen MR) is 84.5 cm³/mol. The minimum absolute atomic E-state index is 0.0560. The number of halogens is 1. The SMILES string of the molecule is COC(C)c1nc(CN(C)C(=O)c2ccc(F)c(C)c2)cs1. The van der Waals surface area contributed by atoms with Crippen molar-refractivity contribution in [1.82, 2.24) is 9.88 Å². The molecule has 0 saturated heterocycles. The number of carbonyl (C=O) groups is 1. The largest absolute Gasteiger partial charge is 0.375 e. The molecule has 0 spiro atoms. The lowest BCUT2D eigenvalue weighted by Gasteiger charge is -2.16. The van der Waals surface area contributed by atoms with E-state index in [4.69, 9.17) is 4.74 Å². The van der Waals surface area contributed by atoms with Crippen LogP contribution < -0.4 is 0 Å². The summed E-state index contributed by atoms with van der Waals surface area (Å²) in [5.74, 6) is -0.464. The van der Waals surface area contributed by atoms with E-state index in [-0.39, 0.29) is 17.8 Å².